The fourth-order valence-electron chi connectivity index (χ4n) is 8.75. The van der Waals surface area contributed by atoms with Crippen molar-refractivity contribution in [3.05, 3.63) is 84.2 Å². The summed E-state index contributed by atoms with van der Waals surface area (Å²) in [5, 5.41) is 34.7. The summed E-state index contributed by atoms with van der Waals surface area (Å²) in [6.45, 7) is 7.58. The molecule has 0 saturated carbocycles. The van der Waals surface area contributed by atoms with E-state index in [9.17, 15) is 49.0 Å². The molecule has 8 amide bonds. The number of non-ortho nitro benzene ring substituents is 1. The lowest BCUT2D eigenvalue weighted by Gasteiger charge is -2.37. The topological polar surface area (TPSA) is 459 Å². The quantitative estimate of drug-likeness (QED) is 0.0112. The van der Waals surface area contributed by atoms with E-state index < -0.39 is 147 Å². The number of nitrogens with one attached hydrogen (secondary N) is 4. The van der Waals surface area contributed by atoms with Crippen molar-refractivity contribution in [2.24, 2.45) is 45.5 Å². The van der Waals surface area contributed by atoms with Gasteiger partial charge in [0.15, 0.2) is 5.96 Å². The zero-order valence-electron chi connectivity index (χ0n) is 44.1. The van der Waals surface area contributed by atoms with Crippen LogP contribution in [0.1, 0.15) is 90.3 Å². The van der Waals surface area contributed by atoms with Crippen LogP contribution in [0.4, 0.5) is 11.4 Å². The number of guanidine groups is 1. The van der Waals surface area contributed by atoms with E-state index in [4.69, 9.17) is 37.8 Å². The highest BCUT2D eigenvalue weighted by atomic mass is 16.6. The van der Waals surface area contributed by atoms with Crippen LogP contribution in [-0.4, -0.2) is 136 Å². The maximum Gasteiger partial charge on any atom is 0.336 e. The Kier molecular flexibility index (Phi) is 22.4. The SMILES string of the molecule is COc1ccc2c(CC(=O)N(C(=O)[C@H](C)N(C(=O)C(N)C(N)c3ccc([N+](=O)[O-])cc3[N+](=O)[O-])C(=O)[C@H](CC(C)C)NC(=O)CNC(=O)[C@H](CC(C)C)NC(=O)[C@@H]3CCCN3)[C@@H](CCCN=C(N)N)C(N)=O)cc(=O)oc2c1. The Balaban J connectivity index is 1.84. The van der Waals surface area contributed by atoms with E-state index in [1.54, 1.807) is 13.8 Å². The summed E-state index contributed by atoms with van der Waals surface area (Å²) in [5.41, 5.74) is 26.6. The third-order valence-electron chi connectivity index (χ3n) is 12.6. The molecule has 29 nitrogen and oxygen atoms in total. The molecule has 29 heteroatoms. The largest absolute Gasteiger partial charge is 0.497 e. The first-order chi connectivity index (χ1) is 36.7. The third-order valence-corrected chi connectivity index (χ3v) is 12.6. The Bertz CT molecular complexity index is 2850. The van der Waals surface area contributed by atoms with Gasteiger partial charge in [-0.25, -0.2) is 4.79 Å². The van der Waals surface area contributed by atoms with Gasteiger partial charge in [0.25, 0.3) is 23.2 Å². The molecule has 2 aromatic carbocycles. The molecule has 424 valence electrons. The number of carbonyl (C=O) groups is 8. The van der Waals surface area contributed by atoms with Crippen LogP contribution in [-0.2, 0) is 44.8 Å². The van der Waals surface area contributed by atoms with Crippen LogP contribution in [0.15, 0.2) is 56.7 Å². The van der Waals surface area contributed by atoms with E-state index in [2.05, 4.69) is 26.3 Å². The maximum absolute atomic E-state index is 15.3. The van der Waals surface area contributed by atoms with Crippen molar-refractivity contribution < 1.29 is 57.4 Å². The first-order valence-electron chi connectivity index (χ1n) is 24.9. The fraction of sp³-hybridized carbons (Fsp3) is 0.510. The molecule has 0 bridgehead atoms. The molecule has 1 aliphatic heterocycles. The molecule has 1 aromatic heterocycles. The van der Waals surface area contributed by atoms with Crippen molar-refractivity contribution in [2.45, 2.75) is 122 Å². The number of nitrogens with two attached hydrogens (primary N) is 5. The molecule has 2 unspecified atom stereocenters. The molecule has 7 atom stereocenters. The second-order valence-electron chi connectivity index (χ2n) is 19.4. The molecule has 2 heterocycles. The zero-order valence-corrected chi connectivity index (χ0v) is 44.1. The lowest BCUT2D eigenvalue weighted by molar-refractivity contribution is -0.394. The first kappa shape index (κ1) is 62.1. The highest BCUT2D eigenvalue weighted by Crippen LogP contribution is 2.31. The van der Waals surface area contributed by atoms with E-state index in [1.165, 1.54) is 25.3 Å². The van der Waals surface area contributed by atoms with Crippen LogP contribution < -0.4 is 60.3 Å². The van der Waals surface area contributed by atoms with E-state index in [-0.39, 0.29) is 64.9 Å². The third kappa shape index (κ3) is 16.5. The van der Waals surface area contributed by atoms with Gasteiger partial charge in [0, 0.05) is 35.7 Å². The minimum absolute atomic E-state index is 0.0136. The number of aliphatic imine (C=N–C) groups is 1. The average molecular weight is 1090 g/mol. The number of ether oxygens (including phenoxy) is 1. The molecule has 1 aliphatic rings. The normalized spacial score (nSPS) is 15.4. The number of methoxy groups -OCH3 is 1. The van der Waals surface area contributed by atoms with Gasteiger partial charge in [0.2, 0.25) is 35.4 Å². The van der Waals surface area contributed by atoms with Crippen molar-refractivity contribution in [1.82, 2.24) is 31.1 Å². The van der Waals surface area contributed by atoms with Crippen LogP contribution in [0.25, 0.3) is 11.0 Å². The number of nitro groups is 2. The number of imide groups is 2. The summed E-state index contributed by atoms with van der Waals surface area (Å²) in [7, 11) is 1.36. The Hall–Kier alpha value is -8.44. The number of nitro benzene ring substituents is 2. The van der Waals surface area contributed by atoms with Gasteiger partial charge < -0.3 is 59.1 Å². The number of carbonyl (C=O) groups excluding carboxylic acids is 8. The molecule has 78 heavy (non-hydrogen) atoms. The molecule has 0 radical (unpaired) electrons. The van der Waals surface area contributed by atoms with Gasteiger partial charge in [0.05, 0.1) is 48.1 Å². The van der Waals surface area contributed by atoms with Crippen molar-refractivity contribution in [2.75, 3.05) is 26.7 Å². The molecule has 0 aliphatic carbocycles. The van der Waals surface area contributed by atoms with Crippen molar-refractivity contribution in [3.63, 3.8) is 0 Å². The lowest BCUT2D eigenvalue weighted by Crippen LogP contribution is -2.64. The fourth-order valence-corrected chi connectivity index (χ4v) is 8.75. The Morgan fingerprint density at radius 2 is 1.53 bits per heavy atom. The Labute approximate surface area is 447 Å². The summed E-state index contributed by atoms with van der Waals surface area (Å²) in [4.78, 5) is 153. The first-order valence-corrected chi connectivity index (χ1v) is 24.9. The summed E-state index contributed by atoms with van der Waals surface area (Å²) in [6, 6.07) is -4.01. The molecule has 4 rings (SSSR count). The summed E-state index contributed by atoms with van der Waals surface area (Å²) in [5.74, 6) is -9.56. The molecule has 0 spiro atoms. The van der Waals surface area contributed by atoms with Crippen LogP contribution in [0.5, 0.6) is 5.75 Å². The zero-order chi connectivity index (χ0) is 58.3. The monoisotopic (exact) mass is 1090 g/mol. The van der Waals surface area contributed by atoms with Gasteiger partial charge in [0.1, 0.15) is 41.5 Å². The highest BCUT2D eigenvalue weighted by molar-refractivity contribution is 6.09. The molecular weight excluding hydrogens is 1020 g/mol. The minimum atomic E-state index is -2.21. The Morgan fingerprint density at radius 3 is 2.10 bits per heavy atom. The predicted octanol–water partition coefficient (Wildman–Crippen LogP) is -0.876. The average Bonchev–Trinajstić information content (AvgIpc) is 3.93. The highest BCUT2D eigenvalue weighted by Gasteiger charge is 2.45. The Morgan fingerprint density at radius 1 is 0.859 bits per heavy atom. The van der Waals surface area contributed by atoms with E-state index in [0.717, 1.165) is 31.5 Å². The van der Waals surface area contributed by atoms with Crippen LogP contribution in [0.2, 0.25) is 0 Å². The standard InChI is InChI=1S/C49H68N14O15/c1-24(2)17-33(59-45(69)32-9-7-15-55-32)44(68)57-23-38(64)58-34(18-25(3)4)47(71)60(48(72)42(51)41(50)31-13-11-28(62(73)74)21-36(31)63(75)76)26(5)46(70)61(35(43(52)67)10-8-16-56-49(53)54)39(65)19-27-20-40(66)78-37-22-29(77-6)12-14-30(27)37/h11-14,20-22,24-26,32-35,41-42,55H,7-10,15-19,23,50-51H2,1-6H3,(H2,52,67)(H,57,68)(H,58,64)(H,59,69)(H4,53,54,56)/t26-,32-,33-,34-,35-,41?,42?/m0/s1. The second kappa shape index (κ2) is 28.1. The van der Waals surface area contributed by atoms with Crippen molar-refractivity contribution in [3.8, 4) is 5.75 Å². The molecule has 1 saturated heterocycles. The minimum Gasteiger partial charge on any atom is -0.497 e. The maximum atomic E-state index is 15.3. The summed E-state index contributed by atoms with van der Waals surface area (Å²) >= 11 is 0. The summed E-state index contributed by atoms with van der Waals surface area (Å²) < 4.78 is 10.6. The smallest absolute Gasteiger partial charge is 0.336 e. The van der Waals surface area contributed by atoms with Gasteiger partial charge in [-0.3, -0.25) is 73.4 Å². The number of fused-ring (bicyclic) bond motifs is 1. The van der Waals surface area contributed by atoms with E-state index >= 15 is 14.4 Å². The summed E-state index contributed by atoms with van der Waals surface area (Å²) in [6.07, 6.45) is -0.0859. The van der Waals surface area contributed by atoms with Crippen molar-refractivity contribution >= 4 is 75.6 Å². The van der Waals surface area contributed by atoms with Gasteiger partial charge in [-0.15, -0.1) is 0 Å². The number of nitrogens with zero attached hydrogens (tertiary/aromatic N) is 5. The lowest BCUT2D eigenvalue weighted by atomic mass is 9.95. The van der Waals surface area contributed by atoms with Gasteiger partial charge >= 0.3 is 5.63 Å². The second-order valence-corrected chi connectivity index (χ2v) is 19.4. The molecule has 14 N–H and O–H groups in total. The van der Waals surface area contributed by atoms with Crippen LogP contribution in [0, 0.1) is 32.1 Å². The number of benzene rings is 2. The molecule has 3 aromatic rings. The van der Waals surface area contributed by atoms with E-state index in [1.807, 2.05) is 13.8 Å². The van der Waals surface area contributed by atoms with Crippen LogP contribution >= 0.6 is 0 Å². The van der Waals surface area contributed by atoms with Crippen LogP contribution in [0.3, 0.4) is 0 Å². The molecular formula is C49H68N14O15. The number of amides is 8. The van der Waals surface area contributed by atoms with Gasteiger partial charge in [-0.2, -0.15) is 0 Å². The van der Waals surface area contributed by atoms with E-state index in [0.29, 0.717) is 23.9 Å². The van der Waals surface area contributed by atoms with Crippen molar-refractivity contribution in [1.29, 1.82) is 0 Å². The van der Waals surface area contributed by atoms with Gasteiger partial charge in [-0.05, 0) is 87.6 Å². The number of rotatable bonds is 27. The number of hydrogen-bond acceptors (Lipinski definition) is 19. The number of primary amides is 1. The predicted molar refractivity (Wildman–Crippen MR) is 280 cm³/mol. The molecule has 1 fully saturated rings. The number of hydrogen-bond donors (Lipinski definition) is 9. The van der Waals surface area contributed by atoms with Gasteiger partial charge in [-0.1, -0.05) is 27.7 Å².